The third kappa shape index (κ3) is 3.51. The van der Waals surface area contributed by atoms with Crippen molar-refractivity contribution in [3.8, 4) is 0 Å². The van der Waals surface area contributed by atoms with Gasteiger partial charge in [-0.25, -0.2) is 0 Å². The van der Waals surface area contributed by atoms with Crippen LogP contribution in [0.1, 0.15) is 28.8 Å². The number of anilines is 1. The SMILES string of the molecule is Nc1ccc(Br)cc1C(=O)NCC1C2CCC1N(Cc1ccccc1)C2. The van der Waals surface area contributed by atoms with Gasteiger partial charge in [0.05, 0.1) is 5.56 Å². The van der Waals surface area contributed by atoms with Crippen LogP contribution in [0, 0.1) is 11.8 Å². The number of fused-ring (bicyclic) bond motifs is 2. The van der Waals surface area contributed by atoms with Crippen LogP contribution < -0.4 is 11.1 Å². The highest BCUT2D eigenvalue weighted by Gasteiger charge is 2.46. The summed E-state index contributed by atoms with van der Waals surface area (Å²) in [6.07, 6.45) is 2.51. The van der Waals surface area contributed by atoms with E-state index < -0.39 is 0 Å². The first-order valence-electron chi connectivity index (χ1n) is 9.23. The van der Waals surface area contributed by atoms with Crippen LogP contribution in [-0.4, -0.2) is 29.9 Å². The molecule has 4 nitrogen and oxygen atoms in total. The number of nitrogens with one attached hydrogen (secondary N) is 1. The molecule has 2 aromatic rings. The van der Waals surface area contributed by atoms with Crippen LogP contribution in [0.3, 0.4) is 0 Å². The fourth-order valence-electron chi connectivity index (χ4n) is 4.58. The molecule has 2 bridgehead atoms. The summed E-state index contributed by atoms with van der Waals surface area (Å²) in [5.74, 6) is 1.14. The highest BCUT2D eigenvalue weighted by atomic mass is 79.9. The van der Waals surface area contributed by atoms with E-state index in [1.165, 1.54) is 18.4 Å². The molecule has 0 spiro atoms. The molecular weight excluding hydrogens is 390 g/mol. The van der Waals surface area contributed by atoms with E-state index in [-0.39, 0.29) is 5.91 Å². The summed E-state index contributed by atoms with van der Waals surface area (Å²) in [7, 11) is 0. The normalized spacial score (nSPS) is 24.7. The molecule has 2 fully saturated rings. The van der Waals surface area contributed by atoms with Crippen molar-refractivity contribution >= 4 is 27.5 Å². The third-order valence-corrected chi connectivity index (χ3v) is 6.35. The second-order valence-corrected chi connectivity index (χ2v) is 8.34. The zero-order valence-electron chi connectivity index (χ0n) is 14.7. The van der Waals surface area contributed by atoms with Crippen LogP contribution in [0.25, 0.3) is 0 Å². The third-order valence-electron chi connectivity index (χ3n) is 5.86. The smallest absolute Gasteiger partial charge is 0.253 e. The predicted molar refractivity (Wildman–Crippen MR) is 108 cm³/mol. The van der Waals surface area contributed by atoms with Crippen LogP contribution in [0.5, 0.6) is 0 Å². The van der Waals surface area contributed by atoms with Gasteiger partial charge < -0.3 is 11.1 Å². The van der Waals surface area contributed by atoms with Gasteiger partial charge in [0, 0.05) is 35.8 Å². The molecule has 3 N–H and O–H groups in total. The summed E-state index contributed by atoms with van der Waals surface area (Å²) in [6.45, 7) is 2.87. The van der Waals surface area contributed by atoms with Crippen LogP contribution in [0.4, 0.5) is 5.69 Å². The second-order valence-electron chi connectivity index (χ2n) is 7.43. The van der Waals surface area contributed by atoms with Crippen LogP contribution in [-0.2, 0) is 6.54 Å². The van der Waals surface area contributed by atoms with Crippen molar-refractivity contribution in [1.29, 1.82) is 0 Å². The van der Waals surface area contributed by atoms with Gasteiger partial charge in [0.25, 0.3) is 5.91 Å². The molecule has 3 atom stereocenters. The van der Waals surface area contributed by atoms with E-state index in [1.807, 2.05) is 6.07 Å². The van der Waals surface area contributed by atoms with Gasteiger partial charge in [-0.15, -0.1) is 0 Å². The molecule has 26 heavy (non-hydrogen) atoms. The first-order chi connectivity index (χ1) is 12.6. The van der Waals surface area contributed by atoms with E-state index in [2.05, 4.69) is 56.5 Å². The molecule has 1 saturated carbocycles. The van der Waals surface area contributed by atoms with Gasteiger partial charge >= 0.3 is 0 Å². The van der Waals surface area contributed by atoms with Gasteiger partial charge in [-0.3, -0.25) is 9.69 Å². The molecule has 3 unspecified atom stereocenters. The van der Waals surface area contributed by atoms with Gasteiger partial charge in [-0.2, -0.15) is 0 Å². The van der Waals surface area contributed by atoms with E-state index in [4.69, 9.17) is 5.73 Å². The topological polar surface area (TPSA) is 58.4 Å². The number of rotatable bonds is 5. The van der Waals surface area contributed by atoms with Crippen molar-refractivity contribution in [2.24, 2.45) is 11.8 Å². The Kier molecular flexibility index (Phi) is 5.00. The summed E-state index contributed by atoms with van der Waals surface area (Å²) in [6, 6.07) is 16.6. The number of carbonyl (C=O) groups is 1. The number of benzene rings is 2. The van der Waals surface area contributed by atoms with Gasteiger partial charge in [0.1, 0.15) is 0 Å². The average Bonchev–Trinajstić information content (AvgIpc) is 3.19. The number of carbonyl (C=O) groups excluding carboxylic acids is 1. The Balaban J connectivity index is 1.38. The Hall–Kier alpha value is -1.85. The van der Waals surface area contributed by atoms with E-state index in [1.54, 1.807) is 12.1 Å². The minimum absolute atomic E-state index is 0.0790. The van der Waals surface area contributed by atoms with Gasteiger partial charge in [0.15, 0.2) is 0 Å². The quantitative estimate of drug-likeness (QED) is 0.735. The van der Waals surface area contributed by atoms with Crippen molar-refractivity contribution in [2.45, 2.75) is 25.4 Å². The van der Waals surface area contributed by atoms with Gasteiger partial charge in [0.2, 0.25) is 0 Å². The molecule has 1 saturated heterocycles. The highest BCUT2D eigenvalue weighted by molar-refractivity contribution is 9.10. The number of nitrogens with zero attached hydrogens (tertiary/aromatic N) is 1. The number of likely N-dealkylation sites (tertiary alicyclic amines) is 1. The Labute approximate surface area is 162 Å². The summed E-state index contributed by atoms with van der Waals surface area (Å²) in [5.41, 5.74) is 8.39. The number of piperidine rings is 1. The van der Waals surface area contributed by atoms with Crippen LogP contribution >= 0.6 is 15.9 Å². The first kappa shape index (κ1) is 17.6. The standard InChI is InChI=1S/C21H24BrN3O/c22-16-7-8-19(23)17(10-16)21(26)24-11-18-15-6-9-20(18)25(13-15)12-14-4-2-1-3-5-14/h1-5,7-8,10,15,18,20H,6,9,11-13,23H2,(H,24,26). The monoisotopic (exact) mass is 413 g/mol. The summed E-state index contributed by atoms with van der Waals surface area (Å²) >= 11 is 3.41. The molecule has 1 aliphatic carbocycles. The van der Waals surface area contributed by atoms with E-state index >= 15 is 0 Å². The number of hydrogen-bond donors (Lipinski definition) is 2. The Morgan fingerprint density at radius 3 is 2.81 bits per heavy atom. The van der Waals surface area contributed by atoms with Crippen LogP contribution in [0.15, 0.2) is 53.0 Å². The van der Waals surface area contributed by atoms with Crippen molar-refractivity contribution in [3.05, 3.63) is 64.1 Å². The molecule has 1 heterocycles. The Morgan fingerprint density at radius 2 is 2.00 bits per heavy atom. The minimum atomic E-state index is -0.0790. The molecule has 5 heteroatoms. The van der Waals surface area contributed by atoms with Crippen molar-refractivity contribution in [1.82, 2.24) is 10.2 Å². The molecule has 0 radical (unpaired) electrons. The lowest BCUT2D eigenvalue weighted by Crippen LogP contribution is -2.36. The fraction of sp³-hybridized carbons (Fsp3) is 0.381. The van der Waals surface area contributed by atoms with Crippen molar-refractivity contribution < 1.29 is 4.79 Å². The Morgan fingerprint density at radius 1 is 1.19 bits per heavy atom. The molecule has 1 amide bonds. The number of amides is 1. The zero-order chi connectivity index (χ0) is 18.1. The van der Waals surface area contributed by atoms with Crippen molar-refractivity contribution in [3.63, 3.8) is 0 Å². The van der Waals surface area contributed by atoms with Crippen LogP contribution in [0.2, 0.25) is 0 Å². The zero-order valence-corrected chi connectivity index (χ0v) is 16.3. The molecule has 136 valence electrons. The molecule has 0 aromatic heterocycles. The number of nitrogen functional groups attached to an aromatic ring is 1. The second kappa shape index (κ2) is 7.41. The number of nitrogens with two attached hydrogens (primary N) is 1. The summed E-state index contributed by atoms with van der Waals surface area (Å²) in [5, 5.41) is 3.13. The number of hydrogen-bond acceptors (Lipinski definition) is 3. The predicted octanol–water partition coefficient (Wildman–Crippen LogP) is 3.67. The maximum absolute atomic E-state index is 12.6. The molecule has 4 rings (SSSR count). The molecule has 1 aliphatic heterocycles. The van der Waals surface area contributed by atoms with Crippen molar-refractivity contribution in [2.75, 3.05) is 18.8 Å². The van der Waals surface area contributed by atoms with E-state index in [0.29, 0.717) is 29.1 Å². The highest BCUT2D eigenvalue weighted by Crippen LogP contribution is 2.43. The average molecular weight is 414 g/mol. The van der Waals surface area contributed by atoms with Gasteiger partial charge in [-0.05, 0) is 48.4 Å². The first-order valence-corrected chi connectivity index (χ1v) is 10.0. The maximum atomic E-state index is 12.6. The minimum Gasteiger partial charge on any atom is -0.398 e. The fourth-order valence-corrected chi connectivity index (χ4v) is 4.94. The van der Waals surface area contributed by atoms with E-state index in [9.17, 15) is 4.79 Å². The molecule has 2 aromatic carbocycles. The lowest BCUT2D eigenvalue weighted by atomic mass is 9.98. The lowest BCUT2D eigenvalue weighted by Gasteiger charge is -2.27. The molecule has 2 aliphatic rings. The summed E-state index contributed by atoms with van der Waals surface area (Å²) in [4.78, 5) is 15.1. The lowest BCUT2D eigenvalue weighted by molar-refractivity contribution is 0.0944. The maximum Gasteiger partial charge on any atom is 0.253 e. The van der Waals surface area contributed by atoms with E-state index in [0.717, 1.165) is 24.1 Å². The molecular formula is C21H24BrN3O. The Bertz CT molecular complexity index is 795. The number of halogens is 1. The largest absolute Gasteiger partial charge is 0.398 e. The van der Waals surface area contributed by atoms with Gasteiger partial charge in [-0.1, -0.05) is 46.3 Å². The summed E-state index contributed by atoms with van der Waals surface area (Å²) < 4.78 is 0.867.